The molecule has 0 saturated heterocycles. The first-order valence-corrected chi connectivity index (χ1v) is 17.3. The Morgan fingerprint density at radius 1 is 0.308 bits per heavy atom. The summed E-state index contributed by atoms with van der Waals surface area (Å²) in [7, 11) is 0. The van der Waals surface area contributed by atoms with Crippen LogP contribution in [0.2, 0.25) is 0 Å². The minimum absolute atomic E-state index is 0.551. The van der Waals surface area contributed by atoms with Crippen molar-refractivity contribution in [3.63, 3.8) is 0 Å². The number of benzene rings is 8. The largest absolute Gasteiger partial charge is 0.455 e. The van der Waals surface area contributed by atoms with Gasteiger partial charge in [-0.2, -0.15) is 0 Å². The Morgan fingerprint density at radius 2 is 0.942 bits per heavy atom. The molecule has 8 aromatic carbocycles. The Labute approximate surface area is 297 Å². The summed E-state index contributed by atoms with van der Waals surface area (Å²) >= 11 is 0. The standard InChI is InChI=1S/C47H27N3O2/c1-2-12-29(13-3-1)45-48-46(50-47(49-45)37-19-10-18-36-34-16-8-9-20-41(34)51-43(36)37)32-23-24-42-39(26-32)40-27-38(33-15-6-7-17-35(33)44(40)52-42)31-22-21-28-11-4-5-14-30(28)25-31/h1-27H. The fraction of sp³-hybridized carbons (Fsp3) is 0. The maximum absolute atomic E-state index is 6.62. The van der Waals surface area contributed by atoms with E-state index < -0.39 is 0 Å². The molecular weight excluding hydrogens is 639 g/mol. The van der Waals surface area contributed by atoms with Gasteiger partial charge in [-0.05, 0) is 69.8 Å². The molecule has 0 aliphatic carbocycles. The van der Waals surface area contributed by atoms with Crippen LogP contribution in [-0.2, 0) is 0 Å². The first kappa shape index (κ1) is 28.7. The number of hydrogen-bond acceptors (Lipinski definition) is 5. The normalized spacial score (nSPS) is 11.8. The van der Waals surface area contributed by atoms with Crippen LogP contribution >= 0.6 is 0 Å². The van der Waals surface area contributed by atoms with Crippen molar-refractivity contribution >= 4 is 65.4 Å². The van der Waals surface area contributed by atoms with Crippen LogP contribution < -0.4 is 0 Å². The third-order valence-electron chi connectivity index (χ3n) is 10.1. The van der Waals surface area contributed by atoms with Gasteiger partial charge in [-0.1, -0.05) is 121 Å². The molecular formula is C47H27N3O2. The highest BCUT2D eigenvalue weighted by molar-refractivity contribution is 6.19. The number of fused-ring (bicyclic) bond motifs is 9. The summed E-state index contributed by atoms with van der Waals surface area (Å²) in [5.74, 6) is 1.72. The van der Waals surface area contributed by atoms with E-state index in [1.807, 2.05) is 72.8 Å². The second-order valence-corrected chi connectivity index (χ2v) is 13.2. The molecule has 0 aliphatic heterocycles. The van der Waals surface area contributed by atoms with Crippen LogP contribution in [0.3, 0.4) is 0 Å². The molecule has 3 heterocycles. The lowest BCUT2D eigenvalue weighted by atomic mass is 9.94. The van der Waals surface area contributed by atoms with Gasteiger partial charge in [-0.25, -0.2) is 15.0 Å². The molecule has 11 rings (SSSR count). The van der Waals surface area contributed by atoms with Gasteiger partial charge in [-0.15, -0.1) is 0 Å². The number of aromatic nitrogens is 3. The zero-order chi connectivity index (χ0) is 34.2. The van der Waals surface area contributed by atoms with Gasteiger partial charge in [0.2, 0.25) is 0 Å². The van der Waals surface area contributed by atoms with E-state index in [9.17, 15) is 0 Å². The third-order valence-corrected chi connectivity index (χ3v) is 10.1. The topological polar surface area (TPSA) is 65.0 Å². The van der Waals surface area contributed by atoms with Crippen molar-refractivity contribution in [1.29, 1.82) is 0 Å². The van der Waals surface area contributed by atoms with Crippen molar-refractivity contribution in [1.82, 2.24) is 15.0 Å². The minimum atomic E-state index is 0.551. The van der Waals surface area contributed by atoms with E-state index >= 15 is 0 Å². The number of nitrogens with zero attached hydrogens (tertiary/aromatic N) is 3. The molecule has 5 nitrogen and oxygen atoms in total. The van der Waals surface area contributed by atoms with Crippen molar-refractivity contribution in [3.8, 4) is 45.3 Å². The molecule has 5 heteroatoms. The lowest BCUT2D eigenvalue weighted by Crippen LogP contribution is -2.00. The van der Waals surface area contributed by atoms with Gasteiger partial charge >= 0.3 is 0 Å². The number of hydrogen-bond donors (Lipinski definition) is 0. The van der Waals surface area contributed by atoms with Gasteiger partial charge in [0.15, 0.2) is 17.5 Å². The maximum Gasteiger partial charge on any atom is 0.167 e. The first-order chi connectivity index (χ1) is 25.7. The highest BCUT2D eigenvalue weighted by Gasteiger charge is 2.20. The van der Waals surface area contributed by atoms with E-state index in [0.29, 0.717) is 17.5 Å². The number of furan rings is 2. The molecule has 0 aliphatic rings. The summed E-state index contributed by atoms with van der Waals surface area (Å²) in [6.07, 6.45) is 0. The number of rotatable bonds is 4. The van der Waals surface area contributed by atoms with E-state index in [0.717, 1.165) is 82.5 Å². The highest BCUT2D eigenvalue weighted by atomic mass is 16.3. The summed E-state index contributed by atoms with van der Waals surface area (Å²) in [6.45, 7) is 0. The van der Waals surface area contributed by atoms with Gasteiger partial charge in [0.1, 0.15) is 22.3 Å². The highest BCUT2D eigenvalue weighted by Crippen LogP contribution is 2.42. The summed E-state index contributed by atoms with van der Waals surface area (Å²) < 4.78 is 13.0. The Morgan fingerprint density at radius 3 is 1.83 bits per heavy atom. The SMILES string of the molecule is c1ccc(-c2nc(-c3ccc4oc5c6ccccc6c(-c6ccc7ccccc7c6)cc5c4c3)nc(-c3cccc4c3oc3ccccc34)n2)cc1. The monoisotopic (exact) mass is 665 g/mol. The smallest absolute Gasteiger partial charge is 0.167 e. The van der Waals surface area contributed by atoms with Crippen LogP contribution in [0.4, 0.5) is 0 Å². The Balaban J connectivity index is 1.14. The van der Waals surface area contributed by atoms with Crippen LogP contribution in [0.1, 0.15) is 0 Å². The predicted octanol–water partition coefficient (Wildman–Crippen LogP) is 12.6. The molecule has 0 fully saturated rings. The maximum atomic E-state index is 6.62. The van der Waals surface area contributed by atoms with E-state index in [4.69, 9.17) is 23.8 Å². The summed E-state index contributed by atoms with van der Waals surface area (Å²) in [6, 6.07) is 56.4. The minimum Gasteiger partial charge on any atom is -0.455 e. The van der Waals surface area contributed by atoms with Crippen LogP contribution in [0, 0.1) is 0 Å². The molecule has 3 aromatic heterocycles. The zero-order valence-corrected chi connectivity index (χ0v) is 27.7. The van der Waals surface area contributed by atoms with E-state index in [2.05, 4.69) is 91.0 Å². The molecule has 0 atom stereocenters. The van der Waals surface area contributed by atoms with Crippen molar-refractivity contribution in [2.45, 2.75) is 0 Å². The van der Waals surface area contributed by atoms with Crippen LogP contribution in [0.5, 0.6) is 0 Å². The molecule has 0 unspecified atom stereocenters. The average Bonchev–Trinajstić information content (AvgIpc) is 3.79. The van der Waals surface area contributed by atoms with Gasteiger partial charge in [-0.3, -0.25) is 0 Å². The lowest BCUT2D eigenvalue weighted by molar-refractivity contribution is 0.669. The third kappa shape index (κ3) is 4.46. The molecule has 0 spiro atoms. The Hall–Kier alpha value is -7.11. The molecule has 0 radical (unpaired) electrons. The average molecular weight is 666 g/mol. The molecule has 0 N–H and O–H groups in total. The quantitative estimate of drug-likeness (QED) is 0.187. The van der Waals surface area contributed by atoms with Crippen LogP contribution in [0.15, 0.2) is 173 Å². The summed E-state index contributed by atoms with van der Waals surface area (Å²) in [5.41, 5.74) is 8.18. The van der Waals surface area contributed by atoms with Crippen molar-refractivity contribution < 1.29 is 8.83 Å². The summed E-state index contributed by atoms with van der Waals surface area (Å²) in [4.78, 5) is 15.2. The Kier molecular flexibility index (Phi) is 6.18. The second kappa shape index (κ2) is 11.2. The van der Waals surface area contributed by atoms with E-state index in [-0.39, 0.29) is 0 Å². The molecule has 0 bridgehead atoms. The molecule has 0 amide bonds. The van der Waals surface area contributed by atoms with Gasteiger partial charge in [0.05, 0.1) is 5.56 Å². The second-order valence-electron chi connectivity index (χ2n) is 13.2. The fourth-order valence-electron chi connectivity index (χ4n) is 7.60. The van der Waals surface area contributed by atoms with Crippen molar-refractivity contribution in [2.24, 2.45) is 0 Å². The molecule has 52 heavy (non-hydrogen) atoms. The van der Waals surface area contributed by atoms with E-state index in [1.165, 1.54) is 10.8 Å². The van der Waals surface area contributed by atoms with Crippen molar-refractivity contribution in [2.75, 3.05) is 0 Å². The van der Waals surface area contributed by atoms with E-state index in [1.54, 1.807) is 0 Å². The summed E-state index contributed by atoms with van der Waals surface area (Å²) in [5, 5.41) is 8.79. The van der Waals surface area contributed by atoms with Crippen LogP contribution in [0.25, 0.3) is 111 Å². The van der Waals surface area contributed by atoms with Gasteiger partial charge < -0.3 is 8.83 Å². The van der Waals surface area contributed by atoms with Crippen LogP contribution in [-0.4, -0.2) is 15.0 Å². The lowest BCUT2D eigenvalue weighted by Gasteiger charge is -2.10. The van der Waals surface area contributed by atoms with Gasteiger partial charge in [0.25, 0.3) is 0 Å². The zero-order valence-electron chi connectivity index (χ0n) is 27.7. The molecule has 11 aromatic rings. The molecule has 242 valence electrons. The predicted molar refractivity (Wildman–Crippen MR) is 211 cm³/mol. The number of para-hydroxylation sites is 2. The van der Waals surface area contributed by atoms with Crippen molar-refractivity contribution in [3.05, 3.63) is 164 Å². The Bertz CT molecular complexity index is 3190. The fourth-order valence-corrected chi connectivity index (χ4v) is 7.60. The van der Waals surface area contributed by atoms with Gasteiger partial charge in [0, 0.05) is 38.1 Å². The molecule has 0 saturated carbocycles. The first-order valence-electron chi connectivity index (χ1n) is 17.3.